The van der Waals surface area contributed by atoms with Crippen LogP contribution in [0, 0.1) is 0 Å². The minimum absolute atomic E-state index is 0.0279. The first-order chi connectivity index (χ1) is 15.6. The Morgan fingerprint density at radius 1 is 1.00 bits per heavy atom. The Morgan fingerprint density at radius 3 is 2.47 bits per heavy atom. The Kier molecular flexibility index (Phi) is 5.10. The number of amides is 1. The molecular formula is C22H22N8O2. The topological polar surface area (TPSA) is 104 Å². The summed E-state index contributed by atoms with van der Waals surface area (Å²) in [6.45, 7) is 1.19. The van der Waals surface area contributed by atoms with Crippen molar-refractivity contribution in [1.82, 2.24) is 39.5 Å². The summed E-state index contributed by atoms with van der Waals surface area (Å²) in [5, 5.41) is 15.7. The van der Waals surface area contributed by atoms with E-state index in [-0.39, 0.29) is 17.5 Å². The van der Waals surface area contributed by atoms with E-state index in [2.05, 4.69) is 20.6 Å². The van der Waals surface area contributed by atoms with Gasteiger partial charge in [-0.25, -0.2) is 18.7 Å². The number of para-hydroxylation sites is 1. The number of aromatic nitrogens is 7. The molecule has 1 aliphatic heterocycles. The second kappa shape index (κ2) is 8.22. The number of likely N-dealkylation sites (tertiary alicyclic amines) is 1. The Hall–Kier alpha value is -4.08. The minimum atomic E-state index is -0.163. The van der Waals surface area contributed by atoms with Gasteiger partial charge >= 0.3 is 5.69 Å². The lowest BCUT2D eigenvalue weighted by molar-refractivity contribution is 0.0710. The monoisotopic (exact) mass is 430 g/mol. The highest BCUT2D eigenvalue weighted by Gasteiger charge is 2.29. The third kappa shape index (κ3) is 3.59. The number of aryl methyl sites for hydroxylation is 1. The van der Waals surface area contributed by atoms with Gasteiger partial charge in [-0.1, -0.05) is 24.3 Å². The number of tetrazole rings is 1. The van der Waals surface area contributed by atoms with E-state index in [1.165, 1.54) is 15.7 Å². The molecule has 0 unspecified atom stereocenters. The van der Waals surface area contributed by atoms with E-state index in [0.717, 1.165) is 30.0 Å². The van der Waals surface area contributed by atoms with Crippen molar-refractivity contribution in [2.24, 2.45) is 7.05 Å². The molecule has 1 aliphatic rings. The molecule has 0 atom stereocenters. The highest BCUT2D eigenvalue weighted by molar-refractivity contribution is 5.94. The largest absolute Gasteiger partial charge is 0.350 e. The third-order valence-corrected chi connectivity index (χ3v) is 5.82. The maximum absolute atomic E-state index is 13.1. The van der Waals surface area contributed by atoms with Crippen LogP contribution in [0.2, 0.25) is 0 Å². The number of carbonyl (C=O) groups is 1. The lowest BCUT2D eigenvalue weighted by atomic mass is 9.95. The molecule has 10 heteroatoms. The van der Waals surface area contributed by atoms with Crippen LogP contribution in [-0.4, -0.2) is 58.5 Å². The van der Waals surface area contributed by atoms with E-state index in [4.69, 9.17) is 0 Å². The van der Waals surface area contributed by atoms with Gasteiger partial charge < -0.3 is 4.90 Å². The maximum atomic E-state index is 13.1. The molecule has 0 bridgehead atoms. The molecule has 0 saturated carbocycles. The summed E-state index contributed by atoms with van der Waals surface area (Å²) in [6, 6.07) is 16.8. The zero-order valence-electron chi connectivity index (χ0n) is 17.6. The molecule has 1 fully saturated rings. The Balaban J connectivity index is 1.33. The van der Waals surface area contributed by atoms with Crippen molar-refractivity contribution < 1.29 is 4.79 Å². The average Bonchev–Trinajstić information content (AvgIpc) is 3.48. The predicted octanol–water partition coefficient (Wildman–Crippen LogP) is 1.57. The minimum Gasteiger partial charge on any atom is -0.339 e. The standard InChI is InChI=1S/C22H22N8O2/c1-27-22(32)30(18-7-3-2-4-8-18)20(24-27)16-10-12-28(13-11-16)21(31)17-6-5-9-19(14-17)29-15-23-25-26-29/h2-9,14-16H,10-13H2,1H3. The number of nitrogens with zero attached hydrogens (tertiary/aromatic N) is 8. The van der Waals surface area contributed by atoms with E-state index in [9.17, 15) is 9.59 Å². The van der Waals surface area contributed by atoms with Gasteiger partial charge in [0.2, 0.25) is 0 Å². The molecule has 0 spiro atoms. The quantitative estimate of drug-likeness (QED) is 0.487. The first kappa shape index (κ1) is 19.9. The fourth-order valence-electron chi connectivity index (χ4n) is 4.15. The smallest absolute Gasteiger partial charge is 0.339 e. The van der Waals surface area contributed by atoms with Crippen molar-refractivity contribution in [3.05, 3.63) is 82.8 Å². The van der Waals surface area contributed by atoms with E-state index in [0.29, 0.717) is 18.7 Å². The van der Waals surface area contributed by atoms with E-state index in [1.54, 1.807) is 23.7 Å². The van der Waals surface area contributed by atoms with Crippen LogP contribution in [0.3, 0.4) is 0 Å². The molecule has 1 saturated heterocycles. The molecule has 10 nitrogen and oxygen atoms in total. The van der Waals surface area contributed by atoms with Gasteiger partial charge in [0.1, 0.15) is 12.2 Å². The van der Waals surface area contributed by atoms with Gasteiger partial charge in [-0.3, -0.25) is 4.79 Å². The Labute approximate surface area is 183 Å². The molecule has 4 aromatic rings. The molecule has 0 N–H and O–H groups in total. The lowest BCUT2D eigenvalue weighted by Crippen LogP contribution is -2.38. The number of hydrogen-bond donors (Lipinski definition) is 0. The zero-order chi connectivity index (χ0) is 22.1. The van der Waals surface area contributed by atoms with Gasteiger partial charge in [0.05, 0.1) is 11.4 Å². The second-order valence-electron chi connectivity index (χ2n) is 7.81. The van der Waals surface area contributed by atoms with Gasteiger partial charge in [0.15, 0.2) is 0 Å². The van der Waals surface area contributed by atoms with Gasteiger partial charge in [0.25, 0.3) is 5.91 Å². The lowest BCUT2D eigenvalue weighted by Gasteiger charge is -2.31. The number of piperidine rings is 1. The normalized spacial score (nSPS) is 14.6. The van der Waals surface area contributed by atoms with Crippen LogP contribution in [0.25, 0.3) is 11.4 Å². The van der Waals surface area contributed by atoms with Crippen LogP contribution in [0.1, 0.15) is 34.9 Å². The van der Waals surface area contributed by atoms with Gasteiger partial charge in [-0.15, -0.1) is 5.10 Å². The van der Waals surface area contributed by atoms with Gasteiger partial charge in [-0.2, -0.15) is 5.10 Å². The summed E-state index contributed by atoms with van der Waals surface area (Å²) in [7, 11) is 1.67. The third-order valence-electron chi connectivity index (χ3n) is 5.82. The number of rotatable bonds is 4. The molecule has 3 heterocycles. The average molecular weight is 430 g/mol. The fourth-order valence-corrected chi connectivity index (χ4v) is 4.15. The SMILES string of the molecule is Cn1nc(C2CCN(C(=O)c3cccc(-n4cnnn4)c3)CC2)n(-c2ccccc2)c1=O. The van der Waals surface area contributed by atoms with E-state index < -0.39 is 0 Å². The summed E-state index contributed by atoms with van der Waals surface area (Å²) >= 11 is 0. The van der Waals surface area contributed by atoms with E-state index in [1.807, 2.05) is 47.4 Å². The van der Waals surface area contributed by atoms with Crippen molar-refractivity contribution in [2.45, 2.75) is 18.8 Å². The number of benzene rings is 2. The van der Waals surface area contributed by atoms with Crippen LogP contribution in [0.5, 0.6) is 0 Å². The predicted molar refractivity (Wildman–Crippen MR) is 116 cm³/mol. The highest BCUT2D eigenvalue weighted by Crippen LogP contribution is 2.28. The van der Waals surface area contributed by atoms with Crippen molar-refractivity contribution in [1.29, 1.82) is 0 Å². The van der Waals surface area contributed by atoms with Crippen molar-refractivity contribution in [2.75, 3.05) is 13.1 Å². The summed E-state index contributed by atoms with van der Waals surface area (Å²) in [5.41, 5.74) is 1.97. The molecule has 2 aromatic carbocycles. The first-order valence-corrected chi connectivity index (χ1v) is 10.5. The number of carbonyl (C=O) groups excluding carboxylic acids is 1. The molecule has 162 valence electrons. The fraction of sp³-hybridized carbons (Fsp3) is 0.273. The molecule has 0 radical (unpaired) electrons. The second-order valence-corrected chi connectivity index (χ2v) is 7.81. The van der Waals surface area contributed by atoms with Crippen molar-refractivity contribution >= 4 is 5.91 Å². The summed E-state index contributed by atoms with van der Waals surface area (Å²) in [4.78, 5) is 27.7. The maximum Gasteiger partial charge on any atom is 0.350 e. The highest BCUT2D eigenvalue weighted by atomic mass is 16.2. The number of hydrogen-bond acceptors (Lipinski definition) is 6. The Bertz CT molecular complexity index is 1290. The zero-order valence-corrected chi connectivity index (χ0v) is 17.6. The van der Waals surface area contributed by atoms with Gasteiger partial charge in [-0.05, 0) is 53.6 Å². The molecule has 32 heavy (non-hydrogen) atoms. The molecule has 1 amide bonds. The summed E-state index contributed by atoms with van der Waals surface area (Å²) in [5.74, 6) is 0.817. The van der Waals surface area contributed by atoms with Crippen molar-refractivity contribution in [3.8, 4) is 11.4 Å². The van der Waals surface area contributed by atoms with Crippen molar-refractivity contribution in [3.63, 3.8) is 0 Å². The van der Waals surface area contributed by atoms with E-state index >= 15 is 0 Å². The Morgan fingerprint density at radius 2 is 1.75 bits per heavy atom. The van der Waals surface area contributed by atoms with Crippen LogP contribution in [-0.2, 0) is 7.05 Å². The molecule has 0 aliphatic carbocycles. The molecule has 2 aromatic heterocycles. The van der Waals surface area contributed by atoms with Crippen LogP contribution < -0.4 is 5.69 Å². The van der Waals surface area contributed by atoms with Crippen LogP contribution in [0.15, 0.2) is 65.7 Å². The van der Waals surface area contributed by atoms with Crippen LogP contribution in [0.4, 0.5) is 0 Å². The van der Waals surface area contributed by atoms with Crippen LogP contribution >= 0.6 is 0 Å². The molecule has 5 rings (SSSR count). The molecular weight excluding hydrogens is 408 g/mol. The summed E-state index contributed by atoms with van der Waals surface area (Å²) < 4.78 is 4.58. The summed E-state index contributed by atoms with van der Waals surface area (Å²) in [6.07, 6.45) is 2.97. The first-order valence-electron chi connectivity index (χ1n) is 10.5. The van der Waals surface area contributed by atoms with Gasteiger partial charge in [0, 0.05) is 31.6 Å².